The van der Waals surface area contributed by atoms with Gasteiger partial charge in [-0.3, -0.25) is 0 Å². The number of anilines is 1. The van der Waals surface area contributed by atoms with Crippen molar-refractivity contribution in [3.8, 4) is 11.3 Å². The van der Waals surface area contributed by atoms with E-state index in [1.165, 1.54) is 16.7 Å². The predicted octanol–water partition coefficient (Wildman–Crippen LogP) is 2.83. The van der Waals surface area contributed by atoms with Crippen LogP contribution >= 0.6 is 11.3 Å². The fourth-order valence-corrected chi connectivity index (χ4v) is 3.32. The Bertz CT molecular complexity index is 1020. The summed E-state index contributed by atoms with van der Waals surface area (Å²) in [6.07, 6.45) is 6.24. The Morgan fingerprint density at radius 2 is 2.14 bits per heavy atom. The molecule has 0 bridgehead atoms. The molecule has 110 valence electrons. The van der Waals surface area contributed by atoms with Crippen molar-refractivity contribution in [3.63, 3.8) is 0 Å². The van der Waals surface area contributed by atoms with Crippen molar-refractivity contribution >= 4 is 33.4 Å². The monoisotopic (exact) mass is 308 g/mol. The van der Waals surface area contributed by atoms with Gasteiger partial charge in [-0.1, -0.05) is 32.1 Å². The largest absolute Gasteiger partial charge is 0.375 e. The van der Waals surface area contributed by atoms with Gasteiger partial charge in [0, 0.05) is 38.7 Å². The van der Waals surface area contributed by atoms with E-state index in [1.54, 1.807) is 0 Å². The summed E-state index contributed by atoms with van der Waals surface area (Å²) in [5.74, 6) is 0. The van der Waals surface area contributed by atoms with E-state index in [0.717, 1.165) is 27.5 Å². The first-order valence-electron chi connectivity index (χ1n) is 7.13. The maximum atomic E-state index is 5.75. The molecule has 4 rings (SSSR count). The van der Waals surface area contributed by atoms with E-state index in [4.69, 9.17) is 5.73 Å². The minimum Gasteiger partial charge on any atom is -0.375 e. The van der Waals surface area contributed by atoms with Gasteiger partial charge in [0.1, 0.15) is 5.49 Å². The standard InChI is InChI=1S/C17H16N4S/c1-17(2)5-6-19-15-12(8-17)11-7-10(3-4-13(11)20-15)14-9-22-16(18)21-14/h3-9H,1-2H3,(H2,18,21)(H,19,20). The van der Waals surface area contributed by atoms with Crippen LogP contribution in [-0.2, 0) is 0 Å². The first-order valence-corrected chi connectivity index (χ1v) is 8.01. The zero-order valence-electron chi connectivity index (χ0n) is 12.4. The summed E-state index contributed by atoms with van der Waals surface area (Å²) in [7, 11) is 0. The highest BCUT2D eigenvalue weighted by atomic mass is 32.1. The third-order valence-electron chi connectivity index (χ3n) is 3.86. The average Bonchev–Trinajstić information content (AvgIpc) is 2.99. The highest BCUT2D eigenvalue weighted by Crippen LogP contribution is 2.26. The molecule has 0 saturated heterocycles. The summed E-state index contributed by atoms with van der Waals surface area (Å²) in [6, 6.07) is 6.30. The Hall–Kier alpha value is -2.40. The van der Waals surface area contributed by atoms with Gasteiger partial charge in [-0.15, -0.1) is 11.3 Å². The molecule has 0 unspecified atom stereocenters. The van der Waals surface area contributed by atoms with Crippen LogP contribution in [0.4, 0.5) is 5.13 Å². The molecule has 0 atom stereocenters. The summed E-state index contributed by atoms with van der Waals surface area (Å²) in [5, 5.41) is 4.89. The van der Waals surface area contributed by atoms with Gasteiger partial charge in [-0.25, -0.2) is 9.98 Å². The van der Waals surface area contributed by atoms with E-state index in [9.17, 15) is 0 Å². The number of nitrogens with two attached hydrogens (primary N) is 1. The molecular weight excluding hydrogens is 292 g/mol. The quantitative estimate of drug-likeness (QED) is 0.726. The zero-order chi connectivity index (χ0) is 15.3. The maximum absolute atomic E-state index is 5.75. The van der Waals surface area contributed by atoms with Crippen molar-refractivity contribution in [2.75, 3.05) is 5.73 Å². The number of nitrogens with zero attached hydrogens (tertiary/aromatic N) is 2. The molecule has 2 aromatic heterocycles. The number of rotatable bonds is 1. The van der Waals surface area contributed by atoms with Crippen molar-refractivity contribution in [2.45, 2.75) is 13.8 Å². The number of nitrogens with one attached hydrogen (secondary N) is 1. The molecule has 5 heteroatoms. The Morgan fingerprint density at radius 3 is 2.91 bits per heavy atom. The Balaban J connectivity index is 2.02. The van der Waals surface area contributed by atoms with E-state index in [2.05, 4.69) is 59.2 Å². The summed E-state index contributed by atoms with van der Waals surface area (Å²) < 4.78 is 0. The number of allylic oxidation sites excluding steroid dienone is 1. The molecule has 0 radical (unpaired) electrons. The SMILES string of the molecule is CC1(C)C=CN=c2[nH]c3ccc(-c4csc(N)n4)cc3c2=C1. The lowest BCUT2D eigenvalue weighted by atomic mass is 9.92. The van der Waals surface area contributed by atoms with Crippen LogP contribution in [0.1, 0.15) is 13.8 Å². The highest BCUT2D eigenvalue weighted by Gasteiger charge is 2.14. The number of benzene rings is 1. The molecule has 0 aliphatic carbocycles. The van der Waals surface area contributed by atoms with Gasteiger partial charge >= 0.3 is 0 Å². The highest BCUT2D eigenvalue weighted by molar-refractivity contribution is 7.13. The predicted molar refractivity (Wildman–Crippen MR) is 92.0 cm³/mol. The van der Waals surface area contributed by atoms with Crippen LogP contribution in [0, 0.1) is 5.41 Å². The zero-order valence-corrected chi connectivity index (χ0v) is 13.2. The van der Waals surface area contributed by atoms with E-state index in [-0.39, 0.29) is 5.41 Å². The summed E-state index contributed by atoms with van der Waals surface area (Å²) in [6.45, 7) is 4.36. The van der Waals surface area contributed by atoms with Crippen molar-refractivity contribution in [1.29, 1.82) is 0 Å². The Labute approximate surface area is 131 Å². The van der Waals surface area contributed by atoms with E-state index < -0.39 is 0 Å². The number of aromatic nitrogens is 2. The Kier molecular flexibility index (Phi) is 2.74. The van der Waals surface area contributed by atoms with E-state index in [1.807, 2.05) is 11.6 Å². The Morgan fingerprint density at radius 1 is 1.27 bits per heavy atom. The van der Waals surface area contributed by atoms with Gasteiger partial charge in [0.05, 0.1) is 5.69 Å². The molecule has 0 spiro atoms. The van der Waals surface area contributed by atoms with Crippen LogP contribution in [0.2, 0.25) is 0 Å². The maximum Gasteiger partial charge on any atom is 0.180 e. The lowest BCUT2D eigenvalue weighted by Gasteiger charge is -2.12. The number of hydrogen-bond acceptors (Lipinski definition) is 4. The molecule has 1 aliphatic heterocycles. The van der Waals surface area contributed by atoms with Gasteiger partial charge in [-0.05, 0) is 12.1 Å². The third-order valence-corrected chi connectivity index (χ3v) is 4.53. The molecule has 1 aromatic carbocycles. The minimum atomic E-state index is -0.0229. The number of thiazole rings is 1. The van der Waals surface area contributed by atoms with Crippen molar-refractivity contribution in [2.24, 2.45) is 10.4 Å². The number of H-pyrrole nitrogens is 1. The van der Waals surface area contributed by atoms with Gasteiger partial charge in [0.25, 0.3) is 0 Å². The molecule has 0 fully saturated rings. The normalized spacial score (nSPS) is 15.9. The van der Waals surface area contributed by atoms with Crippen LogP contribution in [0.15, 0.2) is 40.8 Å². The van der Waals surface area contributed by atoms with E-state index in [0.29, 0.717) is 5.13 Å². The van der Waals surface area contributed by atoms with Crippen LogP contribution < -0.4 is 16.4 Å². The molecule has 1 aliphatic rings. The second-order valence-electron chi connectivity index (χ2n) is 6.13. The number of nitrogen functional groups attached to an aromatic ring is 1. The van der Waals surface area contributed by atoms with Gasteiger partial charge < -0.3 is 10.7 Å². The fourth-order valence-electron chi connectivity index (χ4n) is 2.75. The van der Waals surface area contributed by atoms with Crippen LogP contribution in [0.25, 0.3) is 28.2 Å². The molecule has 4 nitrogen and oxygen atoms in total. The average molecular weight is 308 g/mol. The lowest BCUT2D eigenvalue weighted by molar-refractivity contribution is 0.670. The third kappa shape index (κ3) is 2.14. The minimum absolute atomic E-state index is 0.0229. The summed E-state index contributed by atoms with van der Waals surface area (Å²) in [5.41, 5.74) is 9.71. The van der Waals surface area contributed by atoms with Crippen LogP contribution in [0.5, 0.6) is 0 Å². The van der Waals surface area contributed by atoms with Crippen LogP contribution in [-0.4, -0.2) is 9.97 Å². The molecule has 3 aromatic rings. The molecule has 3 heterocycles. The molecule has 0 saturated carbocycles. The molecule has 22 heavy (non-hydrogen) atoms. The first kappa shape index (κ1) is 13.3. The second kappa shape index (κ2) is 4.55. The topological polar surface area (TPSA) is 67.1 Å². The van der Waals surface area contributed by atoms with Crippen molar-refractivity contribution < 1.29 is 0 Å². The van der Waals surface area contributed by atoms with Crippen molar-refractivity contribution in [3.05, 3.63) is 46.6 Å². The van der Waals surface area contributed by atoms with Gasteiger partial charge in [0.15, 0.2) is 5.13 Å². The molecular formula is C17H16N4S. The smallest absolute Gasteiger partial charge is 0.180 e. The number of aromatic amines is 1. The van der Waals surface area contributed by atoms with Crippen molar-refractivity contribution in [1.82, 2.24) is 9.97 Å². The van der Waals surface area contributed by atoms with E-state index >= 15 is 0 Å². The van der Waals surface area contributed by atoms with Crippen LogP contribution in [0.3, 0.4) is 0 Å². The fraction of sp³-hybridized carbons (Fsp3) is 0.176. The lowest BCUT2D eigenvalue weighted by Crippen LogP contribution is -2.24. The first-order chi connectivity index (χ1) is 10.5. The molecule has 0 amide bonds. The van der Waals surface area contributed by atoms with Gasteiger partial charge in [0.2, 0.25) is 0 Å². The number of fused-ring (bicyclic) bond motifs is 3. The number of hydrogen-bond donors (Lipinski definition) is 2. The van der Waals surface area contributed by atoms with Gasteiger partial charge in [-0.2, -0.15) is 0 Å². The molecule has 3 N–H and O–H groups in total. The summed E-state index contributed by atoms with van der Waals surface area (Å²) in [4.78, 5) is 12.3. The second-order valence-corrected chi connectivity index (χ2v) is 7.02. The summed E-state index contributed by atoms with van der Waals surface area (Å²) >= 11 is 1.46.